The first-order chi connectivity index (χ1) is 12.5. The lowest BCUT2D eigenvalue weighted by Crippen LogP contribution is -2.44. The number of hydrogen-bond acceptors (Lipinski definition) is 4. The first kappa shape index (κ1) is 19.5. The second-order valence-electron chi connectivity index (χ2n) is 6.41. The van der Waals surface area contributed by atoms with Crippen LogP contribution in [-0.2, 0) is 11.2 Å². The number of carbonyl (C=O) groups is 1. The van der Waals surface area contributed by atoms with Crippen molar-refractivity contribution < 1.29 is 9.90 Å². The molecule has 136 valence electrons. The van der Waals surface area contributed by atoms with Crippen molar-refractivity contribution in [1.29, 1.82) is 0 Å². The van der Waals surface area contributed by atoms with Crippen molar-refractivity contribution in [2.75, 3.05) is 5.75 Å². The van der Waals surface area contributed by atoms with Crippen LogP contribution in [0, 0.1) is 5.92 Å². The molecule has 1 N–H and O–H groups in total. The number of rotatable bonds is 5. The van der Waals surface area contributed by atoms with Gasteiger partial charge in [-0.1, -0.05) is 89.3 Å². The number of amides is 1. The Morgan fingerprint density at radius 3 is 2.58 bits per heavy atom. The molecule has 0 aromatic heterocycles. The Morgan fingerprint density at radius 2 is 1.92 bits per heavy atom. The largest absolute Gasteiger partial charge is 0.388 e. The van der Waals surface area contributed by atoms with Crippen molar-refractivity contribution in [3.05, 3.63) is 70.2 Å². The van der Waals surface area contributed by atoms with Gasteiger partial charge in [-0.25, -0.2) is 0 Å². The molecule has 3 atom stereocenters. The average molecular weight is 450 g/mol. The van der Waals surface area contributed by atoms with E-state index in [1.807, 2.05) is 42.5 Å². The Morgan fingerprint density at radius 1 is 1.27 bits per heavy atom. The van der Waals surface area contributed by atoms with Gasteiger partial charge < -0.3 is 5.11 Å². The van der Waals surface area contributed by atoms with Crippen molar-refractivity contribution >= 4 is 50.1 Å². The molecule has 1 amide bonds. The first-order valence-electron chi connectivity index (χ1n) is 8.44. The van der Waals surface area contributed by atoms with Gasteiger partial charge in [0.15, 0.2) is 0 Å². The average Bonchev–Trinajstić information content (AvgIpc) is 3.01. The molecule has 0 bridgehead atoms. The molecule has 0 unspecified atom stereocenters. The van der Waals surface area contributed by atoms with Gasteiger partial charge in [0.05, 0.1) is 18.1 Å². The van der Waals surface area contributed by atoms with Gasteiger partial charge in [0.2, 0.25) is 5.91 Å². The third kappa shape index (κ3) is 4.36. The smallest absolute Gasteiger partial charge is 0.234 e. The Hall–Kier alpha value is -1.21. The van der Waals surface area contributed by atoms with Crippen LogP contribution >= 0.6 is 39.9 Å². The fourth-order valence-corrected chi connectivity index (χ4v) is 4.76. The summed E-state index contributed by atoms with van der Waals surface area (Å²) in [7, 11) is 0. The van der Waals surface area contributed by atoms with Crippen molar-refractivity contribution in [3.63, 3.8) is 0 Å². The van der Waals surface area contributed by atoms with E-state index in [2.05, 4.69) is 28.1 Å². The number of carbonyl (C=O) groups excluding carboxylic acids is 1. The van der Waals surface area contributed by atoms with Crippen molar-refractivity contribution in [3.8, 4) is 0 Å². The SMILES string of the molecule is C[C@H](C(=O)N1C(=S)SC[C@@H]1Cc1ccccc1)[C@H](O)c1ccc(Br)cc1. The normalized spacial score (nSPS) is 19.4. The Labute approximate surface area is 171 Å². The molecule has 2 aromatic rings. The molecular weight excluding hydrogens is 430 g/mol. The minimum absolute atomic E-state index is 0.0296. The zero-order valence-electron chi connectivity index (χ0n) is 14.3. The van der Waals surface area contributed by atoms with Crippen LogP contribution in [0.4, 0.5) is 0 Å². The van der Waals surface area contributed by atoms with E-state index in [1.54, 1.807) is 11.8 Å². The number of thioether (sulfide) groups is 1. The predicted octanol–water partition coefficient (Wildman–Crippen LogP) is 4.59. The summed E-state index contributed by atoms with van der Waals surface area (Å²) >= 11 is 10.4. The van der Waals surface area contributed by atoms with Gasteiger partial charge in [0.25, 0.3) is 0 Å². The number of nitrogens with zero attached hydrogens (tertiary/aromatic N) is 1. The van der Waals surface area contributed by atoms with Gasteiger partial charge in [-0.3, -0.25) is 9.69 Å². The molecule has 1 aliphatic heterocycles. The van der Waals surface area contributed by atoms with E-state index in [4.69, 9.17) is 12.2 Å². The second kappa shape index (κ2) is 8.65. The van der Waals surface area contributed by atoms with E-state index >= 15 is 0 Å². The lowest BCUT2D eigenvalue weighted by atomic mass is 9.95. The van der Waals surface area contributed by atoms with E-state index in [0.717, 1.165) is 22.2 Å². The predicted molar refractivity (Wildman–Crippen MR) is 114 cm³/mol. The van der Waals surface area contributed by atoms with Crippen LogP contribution in [-0.4, -0.2) is 32.0 Å². The molecular formula is C20H20BrNO2S2. The summed E-state index contributed by atoms with van der Waals surface area (Å²) in [6, 6.07) is 17.5. The van der Waals surface area contributed by atoms with Gasteiger partial charge in [-0.15, -0.1) is 0 Å². The minimum atomic E-state index is -0.860. The van der Waals surface area contributed by atoms with Gasteiger partial charge in [-0.2, -0.15) is 0 Å². The van der Waals surface area contributed by atoms with E-state index in [0.29, 0.717) is 4.32 Å². The van der Waals surface area contributed by atoms with E-state index < -0.39 is 12.0 Å². The molecule has 2 aromatic carbocycles. The van der Waals surface area contributed by atoms with Crippen molar-refractivity contribution in [2.24, 2.45) is 5.92 Å². The van der Waals surface area contributed by atoms with Crippen LogP contribution in [0.5, 0.6) is 0 Å². The van der Waals surface area contributed by atoms with Gasteiger partial charge in [0, 0.05) is 10.2 Å². The highest BCUT2D eigenvalue weighted by Gasteiger charge is 2.38. The summed E-state index contributed by atoms with van der Waals surface area (Å²) in [6.07, 6.45) is -0.0951. The van der Waals surface area contributed by atoms with Crippen molar-refractivity contribution in [2.45, 2.75) is 25.5 Å². The van der Waals surface area contributed by atoms with E-state index in [9.17, 15) is 9.90 Å². The monoisotopic (exact) mass is 449 g/mol. The number of thiocarbonyl (C=S) groups is 1. The van der Waals surface area contributed by atoms with Crippen molar-refractivity contribution in [1.82, 2.24) is 4.90 Å². The quantitative estimate of drug-likeness (QED) is 0.677. The highest BCUT2D eigenvalue weighted by atomic mass is 79.9. The zero-order chi connectivity index (χ0) is 18.7. The van der Waals surface area contributed by atoms with Crippen LogP contribution in [0.15, 0.2) is 59.1 Å². The topological polar surface area (TPSA) is 40.5 Å². The summed E-state index contributed by atoms with van der Waals surface area (Å²) in [5.74, 6) is 0.114. The second-order valence-corrected chi connectivity index (χ2v) is 8.98. The third-order valence-electron chi connectivity index (χ3n) is 4.59. The molecule has 3 nitrogen and oxygen atoms in total. The molecule has 0 spiro atoms. The Bertz CT molecular complexity index is 782. The first-order valence-corrected chi connectivity index (χ1v) is 10.6. The number of hydrogen-bond donors (Lipinski definition) is 1. The van der Waals surface area contributed by atoms with Crippen LogP contribution in [0.25, 0.3) is 0 Å². The molecule has 0 aliphatic carbocycles. The van der Waals surface area contributed by atoms with Crippen LogP contribution in [0.1, 0.15) is 24.2 Å². The van der Waals surface area contributed by atoms with Crippen LogP contribution in [0.3, 0.4) is 0 Å². The number of halogens is 1. The molecule has 1 heterocycles. The standard InChI is InChI=1S/C20H20BrNO2S2/c1-13(18(23)15-7-9-16(21)10-8-15)19(24)22-17(12-26-20(22)25)11-14-5-3-2-4-6-14/h2-10,13,17-18,23H,11-12H2,1H3/t13-,17-,18-/m0/s1. The molecule has 1 saturated heterocycles. The number of benzene rings is 2. The fraction of sp³-hybridized carbons (Fsp3) is 0.300. The maximum atomic E-state index is 13.1. The molecule has 3 rings (SSSR count). The third-order valence-corrected chi connectivity index (χ3v) is 6.66. The maximum Gasteiger partial charge on any atom is 0.234 e. The Kier molecular flexibility index (Phi) is 6.51. The molecule has 6 heteroatoms. The van der Waals surface area contributed by atoms with Gasteiger partial charge in [-0.05, 0) is 29.7 Å². The zero-order valence-corrected chi connectivity index (χ0v) is 17.6. The highest BCUT2D eigenvalue weighted by Crippen LogP contribution is 2.32. The summed E-state index contributed by atoms with van der Waals surface area (Å²) < 4.78 is 1.54. The summed E-state index contributed by atoms with van der Waals surface area (Å²) in [4.78, 5) is 14.8. The Balaban J connectivity index is 1.75. The lowest BCUT2D eigenvalue weighted by molar-refractivity contribution is -0.135. The molecule has 1 fully saturated rings. The van der Waals surface area contributed by atoms with Crippen LogP contribution < -0.4 is 0 Å². The minimum Gasteiger partial charge on any atom is -0.388 e. The fourth-order valence-electron chi connectivity index (χ4n) is 3.07. The summed E-state index contributed by atoms with van der Waals surface area (Å²) in [5.41, 5.74) is 1.91. The van der Waals surface area contributed by atoms with Gasteiger partial charge >= 0.3 is 0 Å². The maximum absolute atomic E-state index is 13.1. The summed E-state index contributed by atoms with van der Waals surface area (Å²) in [6.45, 7) is 1.76. The molecule has 0 saturated carbocycles. The number of aliphatic hydroxyl groups is 1. The van der Waals surface area contributed by atoms with E-state index in [1.165, 1.54) is 17.3 Å². The molecule has 0 radical (unpaired) electrons. The molecule has 1 aliphatic rings. The highest BCUT2D eigenvalue weighted by molar-refractivity contribution is 9.10. The van der Waals surface area contributed by atoms with Crippen LogP contribution in [0.2, 0.25) is 0 Å². The molecule has 26 heavy (non-hydrogen) atoms. The summed E-state index contributed by atoms with van der Waals surface area (Å²) in [5, 5.41) is 10.7. The lowest BCUT2D eigenvalue weighted by Gasteiger charge is -2.28. The van der Waals surface area contributed by atoms with Gasteiger partial charge in [0.1, 0.15) is 4.32 Å². The number of aliphatic hydroxyl groups excluding tert-OH is 1. The van der Waals surface area contributed by atoms with E-state index in [-0.39, 0.29) is 11.9 Å².